The summed E-state index contributed by atoms with van der Waals surface area (Å²) in [5.41, 5.74) is 4.58. The smallest absolute Gasteiger partial charge is 0.335 e. The van der Waals surface area contributed by atoms with Gasteiger partial charge in [-0.1, -0.05) is 35.4 Å². The molecule has 2 rings (SSSR count). The zero-order valence-corrected chi connectivity index (χ0v) is 16.8. The van der Waals surface area contributed by atoms with Crippen molar-refractivity contribution in [2.45, 2.75) is 27.7 Å². The van der Waals surface area contributed by atoms with E-state index in [0.717, 1.165) is 22.3 Å². The molecule has 2 aromatic carbocycles. The minimum absolute atomic E-state index is 0. The maximum atomic E-state index is 10.5. The Morgan fingerprint density at radius 3 is 1.22 bits per heavy atom. The maximum Gasteiger partial charge on any atom is 0.335 e. The van der Waals surface area contributed by atoms with Gasteiger partial charge in [-0.05, 0) is 51.0 Å². The number of carbonyl (C=O) groups is 2. The molecule has 0 fully saturated rings. The minimum Gasteiger partial charge on any atom is -0.478 e. The molecule has 0 heterocycles. The molecule has 0 saturated carbocycles. The van der Waals surface area contributed by atoms with Gasteiger partial charge in [-0.15, -0.1) is 0 Å². The van der Waals surface area contributed by atoms with Gasteiger partial charge in [-0.3, -0.25) is 0 Å². The topological polar surface area (TPSA) is 74.6 Å². The Kier molecular flexibility index (Phi) is 8.41. The van der Waals surface area contributed by atoms with Gasteiger partial charge in [0.05, 0.1) is 11.1 Å². The van der Waals surface area contributed by atoms with Gasteiger partial charge < -0.3 is 10.2 Å². The summed E-state index contributed by atoms with van der Waals surface area (Å²) in [6.45, 7) is 7.49. The molecule has 118 valence electrons. The van der Waals surface area contributed by atoms with E-state index in [9.17, 15) is 9.59 Å². The van der Waals surface area contributed by atoms with E-state index in [4.69, 9.17) is 10.2 Å². The molecule has 4 nitrogen and oxygen atoms in total. The van der Waals surface area contributed by atoms with E-state index in [1.165, 1.54) is 0 Å². The summed E-state index contributed by atoms with van der Waals surface area (Å²) in [7, 11) is 0. The molecule has 0 atom stereocenters. The molecule has 0 spiro atoms. The number of aromatic carboxylic acids is 2. The van der Waals surface area contributed by atoms with Crippen LogP contribution in [0.4, 0.5) is 0 Å². The van der Waals surface area contributed by atoms with Crippen molar-refractivity contribution in [3.63, 3.8) is 0 Å². The third kappa shape index (κ3) is 6.33. The summed E-state index contributed by atoms with van der Waals surface area (Å²) in [5.74, 6) is -1.72. The Bertz CT molecular complexity index is 647. The van der Waals surface area contributed by atoms with E-state index in [-0.39, 0.29) is 19.5 Å². The fourth-order valence-electron chi connectivity index (χ4n) is 2.11. The van der Waals surface area contributed by atoms with E-state index in [0.29, 0.717) is 11.1 Å². The van der Waals surface area contributed by atoms with Crippen molar-refractivity contribution in [1.29, 1.82) is 0 Å². The van der Waals surface area contributed by atoms with Crippen molar-refractivity contribution >= 4 is 11.9 Å². The van der Waals surface area contributed by atoms with Crippen LogP contribution in [0.1, 0.15) is 43.0 Å². The molecule has 0 aliphatic heterocycles. The number of hydrogen-bond donors (Lipinski definition) is 2. The number of hydrogen-bond acceptors (Lipinski definition) is 2. The second kappa shape index (κ2) is 9.21. The van der Waals surface area contributed by atoms with E-state index in [1.54, 1.807) is 38.1 Å². The average Bonchev–Trinajstić information content (AvgIpc) is 2.38. The molecule has 0 unspecified atom stereocenters. The molecule has 0 aliphatic rings. The molecule has 0 aromatic heterocycles. The molecule has 0 aliphatic carbocycles. The van der Waals surface area contributed by atoms with Crippen LogP contribution < -0.4 is 0 Å². The quantitative estimate of drug-likeness (QED) is 0.789. The minimum atomic E-state index is -0.859. The van der Waals surface area contributed by atoms with Crippen LogP contribution in [0.5, 0.6) is 0 Å². The van der Waals surface area contributed by atoms with Gasteiger partial charge in [0.25, 0.3) is 0 Å². The number of benzene rings is 2. The van der Waals surface area contributed by atoms with E-state index < -0.39 is 11.9 Å². The van der Waals surface area contributed by atoms with E-state index in [1.807, 2.05) is 26.0 Å². The first-order chi connectivity index (χ1) is 10.2. The third-order valence-corrected chi connectivity index (χ3v) is 3.22. The largest absolute Gasteiger partial charge is 0.478 e. The van der Waals surface area contributed by atoms with Crippen LogP contribution in [-0.2, 0) is 19.5 Å². The molecular weight excluding hydrogens is 346 g/mol. The predicted octanol–water partition coefficient (Wildman–Crippen LogP) is 4.00. The number of carboxylic acid groups (broad SMARTS) is 2. The molecule has 2 N–H and O–H groups in total. The van der Waals surface area contributed by atoms with E-state index in [2.05, 4.69) is 0 Å². The summed E-state index contributed by atoms with van der Waals surface area (Å²) < 4.78 is 0. The number of rotatable bonds is 2. The van der Waals surface area contributed by atoms with Crippen LogP contribution >= 0.6 is 0 Å². The first-order valence-electron chi connectivity index (χ1n) is 6.83. The summed E-state index contributed by atoms with van der Waals surface area (Å²) >= 11 is 0. The second-order valence-corrected chi connectivity index (χ2v) is 5.25. The molecule has 2 aromatic rings. The van der Waals surface area contributed by atoms with Gasteiger partial charge >= 0.3 is 11.9 Å². The van der Waals surface area contributed by atoms with Gasteiger partial charge in [0.15, 0.2) is 0 Å². The molecule has 0 radical (unpaired) electrons. The van der Waals surface area contributed by atoms with Crippen molar-refractivity contribution in [2.75, 3.05) is 0 Å². The van der Waals surface area contributed by atoms with Gasteiger partial charge in [0, 0.05) is 19.5 Å². The molecule has 0 amide bonds. The van der Waals surface area contributed by atoms with Crippen LogP contribution in [0.2, 0.25) is 0 Å². The van der Waals surface area contributed by atoms with Crippen molar-refractivity contribution < 1.29 is 39.3 Å². The summed E-state index contributed by atoms with van der Waals surface area (Å²) in [5, 5.41) is 17.3. The van der Waals surface area contributed by atoms with Gasteiger partial charge in [0.1, 0.15) is 0 Å². The second-order valence-electron chi connectivity index (χ2n) is 5.25. The Hall–Kier alpha value is -2.00. The Labute approximate surface area is 148 Å². The van der Waals surface area contributed by atoms with Crippen LogP contribution in [0.15, 0.2) is 36.4 Å². The summed E-state index contributed by atoms with van der Waals surface area (Å²) in [6.07, 6.45) is 0. The van der Waals surface area contributed by atoms with Gasteiger partial charge in [0.2, 0.25) is 0 Å². The Morgan fingerprint density at radius 1 is 0.696 bits per heavy atom. The zero-order valence-electron chi connectivity index (χ0n) is 13.9. The van der Waals surface area contributed by atoms with Gasteiger partial charge in [-0.2, -0.15) is 0 Å². The third-order valence-electron chi connectivity index (χ3n) is 3.22. The number of carboxylic acids is 2. The Balaban J connectivity index is 0.000000403. The standard InChI is InChI=1S/2C9H10O2.Zn/c2*1-6-3-4-8(9(10)11)7(2)5-6;/h2*3-5H,1-2H3,(H,10,11);. The normalized spacial score (nSPS) is 9.22. The van der Waals surface area contributed by atoms with Crippen molar-refractivity contribution in [1.82, 2.24) is 0 Å². The van der Waals surface area contributed by atoms with Crippen LogP contribution in [-0.4, -0.2) is 22.2 Å². The summed E-state index contributed by atoms with van der Waals surface area (Å²) in [4.78, 5) is 21.1. The van der Waals surface area contributed by atoms with Crippen LogP contribution in [0.25, 0.3) is 0 Å². The SMILES string of the molecule is Cc1ccc(C(=O)O)c(C)c1.Cc1ccc(C(=O)O)c(C)c1.[Zn]. The van der Waals surface area contributed by atoms with E-state index >= 15 is 0 Å². The fourth-order valence-corrected chi connectivity index (χ4v) is 2.11. The summed E-state index contributed by atoms with van der Waals surface area (Å²) in [6, 6.07) is 10.6. The van der Waals surface area contributed by atoms with Crippen molar-refractivity contribution in [2.24, 2.45) is 0 Å². The van der Waals surface area contributed by atoms with Crippen molar-refractivity contribution in [3.8, 4) is 0 Å². The predicted molar refractivity (Wildman–Crippen MR) is 85.8 cm³/mol. The zero-order chi connectivity index (χ0) is 16.9. The molecule has 23 heavy (non-hydrogen) atoms. The maximum absolute atomic E-state index is 10.5. The van der Waals surface area contributed by atoms with Crippen LogP contribution in [0, 0.1) is 27.7 Å². The monoisotopic (exact) mass is 364 g/mol. The first-order valence-corrected chi connectivity index (χ1v) is 6.83. The molecule has 5 heteroatoms. The average molecular weight is 366 g/mol. The fraction of sp³-hybridized carbons (Fsp3) is 0.222. The molecular formula is C18H20O4Zn. The Morgan fingerprint density at radius 2 is 1.00 bits per heavy atom. The van der Waals surface area contributed by atoms with Crippen LogP contribution in [0.3, 0.4) is 0 Å². The van der Waals surface area contributed by atoms with Gasteiger partial charge in [-0.25, -0.2) is 9.59 Å². The molecule has 0 saturated heterocycles. The molecule has 0 bridgehead atoms. The first kappa shape index (κ1) is 21.0. The number of aryl methyl sites for hydroxylation is 4. The van der Waals surface area contributed by atoms with Crippen molar-refractivity contribution in [3.05, 3.63) is 69.8 Å².